The SMILES string of the molecule is Nc1nc(NCc2ccc(Cl)s2)c(F)cc1F. The molecule has 90 valence electrons. The Balaban J connectivity index is 2.11. The minimum atomic E-state index is -0.868. The maximum Gasteiger partial charge on any atom is 0.168 e. The second-order valence-electron chi connectivity index (χ2n) is 3.25. The van der Waals surface area contributed by atoms with Crippen LogP contribution in [0, 0.1) is 11.6 Å². The molecule has 0 unspecified atom stereocenters. The first kappa shape index (κ1) is 12.1. The van der Waals surface area contributed by atoms with Gasteiger partial charge in [-0.05, 0) is 12.1 Å². The molecular weight excluding hydrogens is 268 g/mol. The normalized spacial score (nSPS) is 10.5. The lowest BCUT2D eigenvalue weighted by Gasteiger charge is -2.06. The molecule has 0 aromatic carbocycles. The second kappa shape index (κ2) is 4.85. The summed E-state index contributed by atoms with van der Waals surface area (Å²) in [5.41, 5.74) is 5.25. The van der Waals surface area contributed by atoms with Gasteiger partial charge in [0, 0.05) is 10.9 Å². The average Bonchev–Trinajstić information content (AvgIpc) is 2.68. The van der Waals surface area contributed by atoms with Crippen LogP contribution < -0.4 is 11.1 Å². The molecule has 0 aliphatic carbocycles. The molecule has 0 aliphatic rings. The first-order valence-corrected chi connectivity index (χ1v) is 5.85. The summed E-state index contributed by atoms with van der Waals surface area (Å²) in [4.78, 5) is 4.50. The van der Waals surface area contributed by atoms with E-state index in [4.69, 9.17) is 17.3 Å². The summed E-state index contributed by atoms with van der Waals surface area (Å²) in [7, 11) is 0. The fourth-order valence-corrected chi connectivity index (χ4v) is 2.25. The Morgan fingerprint density at radius 3 is 2.76 bits per heavy atom. The molecule has 0 aliphatic heterocycles. The van der Waals surface area contributed by atoms with Gasteiger partial charge in [0.15, 0.2) is 23.3 Å². The molecular formula is C10H8ClF2N3S. The third-order valence-corrected chi connectivity index (χ3v) is 3.25. The van der Waals surface area contributed by atoms with Crippen LogP contribution in [0.15, 0.2) is 18.2 Å². The minimum Gasteiger partial charge on any atom is -0.381 e. The summed E-state index contributed by atoms with van der Waals surface area (Å²) in [5.74, 6) is -2.06. The number of halogens is 3. The van der Waals surface area contributed by atoms with Crippen LogP contribution in [0.3, 0.4) is 0 Å². The number of nitrogens with one attached hydrogen (secondary N) is 1. The summed E-state index contributed by atoms with van der Waals surface area (Å²) in [6.45, 7) is 0.354. The first-order valence-electron chi connectivity index (χ1n) is 4.66. The lowest BCUT2D eigenvalue weighted by atomic mass is 10.4. The average molecular weight is 276 g/mol. The maximum atomic E-state index is 13.3. The maximum absolute atomic E-state index is 13.3. The van der Waals surface area contributed by atoms with Gasteiger partial charge in [0.25, 0.3) is 0 Å². The molecule has 0 spiro atoms. The third-order valence-electron chi connectivity index (χ3n) is 2.02. The second-order valence-corrected chi connectivity index (χ2v) is 5.04. The number of hydrogen-bond donors (Lipinski definition) is 2. The lowest BCUT2D eigenvalue weighted by molar-refractivity contribution is 0.579. The molecule has 0 saturated carbocycles. The molecule has 2 aromatic rings. The highest BCUT2D eigenvalue weighted by molar-refractivity contribution is 7.16. The van der Waals surface area contributed by atoms with Crippen LogP contribution in [0.4, 0.5) is 20.4 Å². The van der Waals surface area contributed by atoms with Crippen molar-refractivity contribution < 1.29 is 8.78 Å². The van der Waals surface area contributed by atoms with Gasteiger partial charge in [0.2, 0.25) is 0 Å². The highest BCUT2D eigenvalue weighted by atomic mass is 35.5. The Kier molecular flexibility index (Phi) is 3.44. The van der Waals surface area contributed by atoms with Gasteiger partial charge in [-0.25, -0.2) is 13.8 Å². The van der Waals surface area contributed by atoms with E-state index in [1.165, 1.54) is 11.3 Å². The van der Waals surface area contributed by atoms with Gasteiger partial charge >= 0.3 is 0 Å². The standard InChI is InChI=1S/C10H8ClF2N3S/c11-8-2-1-5(17-8)4-15-10-7(13)3-6(12)9(14)16-10/h1-3H,4H2,(H3,14,15,16). The summed E-state index contributed by atoms with van der Waals surface area (Å²) < 4.78 is 26.8. The quantitative estimate of drug-likeness (QED) is 0.904. The minimum absolute atomic E-state index is 0.0755. The summed E-state index contributed by atoms with van der Waals surface area (Å²) in [5, 5.41) is 2.73. The van der Waals surface area contributed by atoms with E-state index in [1.807, 2.05) is 6.07 Å². The van der Waals surface area contributed by atoms with Crippen LogP contribution >= 0.6 is 22.9 Å². The Bertz CT molecular complexity index is 544. The highest BCUT2D eigenvalue weighted by Gasteiger charge is 2.09. The van der Waals surface area contributed by atoms with Crippen LogP contribution in [-0.2, 0) is 6.54 Å². The third kappa shape index (κ3) is 2.83. The Labute approximate surface area is 105 Å². The number of rotatable bonds is 3. The van der Waals surface area contributed by atoms with Crippen molar-refractivity contribution in [1.82, 2.24) is 4.98 Å². The predicted molar refractivity (Wildman–Crippen MR) is 65.2 cm³/mol. The van der Waals surface area contributed by atoms with Gasteiger partial charge in [0.05, 0.1) is 10.9 Å². The first-order chi connectivity index (χ1) is 8.06. The van der Waals surface area contributed by atoms with Crippen LogP contribution in [0.5, 0.6) is 0 Å². The molecule has 2 heterocycles. The van der Waals surface area contributed by atoms with Crippen molar-refractivity contribution in [3.8, 4) is 0 Å². The van der Waals surface area contributed by atoms with Crippen molar-refractivity contribution in [2.24, 2.45) is 0 Å². The largest absolute Gasteiger partial charge is 0.381 e. The van der Waals surface area contributed by atoms with Crippen molar-refractivity contribution in [3.63, 3.8) is 0 Å². The number of hydrogen-bond acceptors (Lipinski definition) is 4. The number of anilines is 2. The Hall–Kier alpha value is -1.40. The molecule has 0 amide bonds. The molecule has 3 nitrogen and oxygen atoms in total. The highest BCUT2D eigenvalue weighted by Crippen LogP contribution is 2.23. The number of nitrogens with zero attached hydrogens (tertiary/aromatic N) is 1. The number of aromatic nitrogens is 1. The van der Waals surface area contributed by atoms with Crippen LogP contribution in [0.25, 0.3) is 0 Å². The smallest absolute Gasteiger partial charge is 0.168 e. The zero-order valence-electron chi connectivity index (χ0n) is 8.51. The van der Waals surface area contributed by atoms with Crippen molar-refractivity contribution in [3.05, 3.63) is 39.0 Å². The lowest BCUT2D eigenvalue weighted by Crippen LogP contribution is -2.06. The summed E-state index contributed by atoms with van der Waals surface area (Å²) >= 11 is 7.12. The van der Waals surface area contributed by atoms with Crippen LogP contribution in [-0.4, -0.2) is 4.98 Å². The number of nitrogens with two attached hydrogens (primary N) is 1. The number of pyridine rings is 1. The molecule has 2 rings (SSSR count). The molecule has 0 saturated heterocycles. The Morgan fingerprint density at radius 1 is 1.35 bits per heavy atom. The molecule has 7 heteroatoms. The van der Waals surface area contributed by atoms with E-state index < -0.39 is 11.6 Å². The molecule has 3 N–H and O–H groups in total. The van der Waals surface area contributed by atoms with Crippen molar-refractivity contribution in [2.75, 3.05) is 11.1 Å². The van der Waals surface area contributed by atoms with Crippen molar-refractivity contribution in [1.29, 1.82) is 0 Å². The molecule has 0 fully saturated rings. The summed E-state index contributed by atoms with van der Waals surface area (Å²) in [6.07, 6.45) is 0. The molecule has 0 radical (unpaired) electrons. The molecule has 0 bridgehead atoms. The van der Waals surface area contributed by atoms with Gasteiger partial charge in [-0.2, -0.15) is 0 Å². The van der Waals surface area contributed by atoms with Gasteiger partial charge in [-0.1, -0.05) is 11.6 Å². The van der Waals surface area contributed by atoms with E-state index in [-0.39, 0.29) is 11.6 Å². The molecule has 2 aromatic heterocycles. The summed E-state index contributed by atoms with van der Waals surface area (Å²) in [6, 6.07) is 4.25. The fraction of sp³-hybridized carbons (Fsp3) is 0.100. The van der Waals surface area contributed by atoms with Gasteiger partial charge < -0.3 is 11.1 Å². The number of thiophene rings is 1. The molecule has 0 atom stereocenters. The van der Waals surface area contributed by atoms with E-state index >= 15 is 0 Å². The van der Waals surface area contributed by atoms with Gasteiger partial charge in [0.1, 0.15) is 0 Å². The van der Waals surface area contributed by atoms with Crippen molar-refractivity contribution >= 4 is 34.6 Å². The van der Waals surface area contributed by atoms with E-state index in [1.54, 1.807) is 6.07 Å². The molecule has 17 heavy (non-hydrogen) atoms. The van der Waals surface area contributed by atoms with E-state index in [0.717, 1.165) is 4.88 Å². The van der Waals surface area contributed by atoms with E-state index in [0.29, 0.717) is 16.9 Å². The topological polar surface area (TPSA) is 50.9 Å². The predicted octanol–water partition coefficient (Wildman–Crippen LogP) is 3.27. The number of nitrogen functional groups attached to an aromatic ring is 1. The fourth-order valence-electron chi connectivity index (χ4n) is 1.22. The van der Waals surface area contributed by atoms with Crippen LogP contribution in [0.2, 0.25) is 4.34 Å². The van der Waals surface area contributed by atoms with E-state index in [9.17, 15) is 8.78 Å². The van der Waals surface area contributed by atoms with E-state index in [2.05, 4.69) is 10.3 Å². The monoisotopic (exact) mass is 275 g/mol. The zero-order valence-corrected chi connectivity index (χ0v) is 10.1. The van der Waals surface area contributed by atoms with Crippen LogP contribution in [0.1, 0.15) is 4.88 Å². The van der Waals surface area contributed by atoms with Crippen molar-refractivity contribution in [2.45, 2.75) is 6.54 Å². The van der Waals surface area contributed by atoms with Gasteiger partial charge in [-0.15, -0.1) is 11.3 Å². The zero-order chi connectivity index (χ0) is 12.4. The van der Waals surface area contributed by atoms with Gasteiger partial charge in [-0.3, -0.25) is 0 Å². The Morgan fingerprint density at radius 2 is 2.12 bits per heavy atom.